The third-order valence-electron chi connectivity index (χ3n) is 8.34. The second kappa shape index (κ2) is 7.85. The molecule has 3 saturated carbocycles. The molecule has 3 aliphatic rings. The van der Waals surface area contributed by atoms with Gasteiger partial charge in [0.2, 0.25) is 0 Å². The zero-order valence-electron chi connectivity index (χ0n) is 17.7. The Balaban J connectivity index is 0.00000210. The average Bonchev–Trinajstić information content (AvgIpc) is 2.66. The fourth-order valence-corrected chi connectivity index (χ4v) is 6.42. The first-order valence-corrected chi connectivity index (χ1v) is 10.6. The molecule has 1 heteroatoms. The maximum Gasteiger partial charge on any atom is 2.00 e. The molecule has 3 fully saturated rings. The van der Waals surface area contributed by atoms with Gasteiger partial charge in [0, 0.05) is 0 Å². The molecule has 2 bridgehead atoms. The summed E-state index contributed by atoms with van der Waals surface area (Å²) >= 11 is 0. The number of hydrogen-bond donors (Lipinski definition) is 0. The van der Waals surface area contributed by atoms with E-state index >= 15 is 0 Å². The van der Waals surface area contributed by atoms with Gasteiger partial charge in [0.25, 0.3) is 0 Å². The summed E-state index contributed by atoms with van der Waals surface area (Å²) in [7, 11) is 0. The Labute approximate surface area is 195 Å². The minimum Gasteiger partial charge on any atom is -0.103 e. The Morgan fingerprint density at radius 1 is 1.22 bits per heavy atom. The molecular weight excluding hydrogens is 352 g/mol. The van der Waals surface area contributed by atoms with Crippen molar-refractivity contribution in [3.05, 3.63) is 60.2 Å². The van der Waals surface area contributed by atoms with Gasteiger partial charge in [0.1, 0.15) is 0 Å². The van der Waals surface area contributed by atoms with Crippen molar-refractivity contribution in [1.82, 2.24) is 0 Å². The van der Waals surface area contributed by atoms with Gasteiger partial charge in [-0.1, -0.05) is 70.2 Å². The maximum absolute atomic E-state index is 4.16. The molecule has 5 atom stereocenters. The smallest absolute Gasteiger partial charge is 0.103 e. The first-order chi connectivity index (χ1) is 12.4. The Bertz CT molecular complexity index is 837. The van der Waals surface area contributed by atoms with Crippen molar-refractivity contribution in [2.75, 3.05) is 0 Å². The quantitative estimate of drug-likeness (QED) is 0.387. The second-order valence-electron chi connectivity index (χ2n) is 9.63. The topological polar surface area (TPSA) is 0 Å². The Morgan fingerprint density at radius 3 is 2.67 bits per heavy atom. The van der Waals surface area contributed by atoms with Crippen molar-refractivity contribution < 1.29 is 0 Å². The van der Waals surface area contributed by atoms with Crippen LogP contribution in [0.1, 0.15) is 70.4 Å². The van der Waals surface area contributed by atoms with E-state index in [-0.39, 0.29) is 37.7 Å². The number of allylic oxidation sites excluding steroid dienone is 1. The Hall–Kier alpha value is -0.300. The van der Waals surface area contributed by atoms with E-state index in [9.17, 15) is 0 Å². The molecule has 5 rings (SSSR count). The molecule has 0 N–H and O–H groups in total. The van der Waals surface area contributed by atoms with Gasteiger partial charge in [0.05, 0.1) is 0 Å². The summed E-state index contributed by atoms with van der Waals surface area (Å²) < 4.78 is 0. The maximum atomic E-state index is 4.16. The van der Waals surface area contributed by atoms with Crippen LogP contribution in [0.2, 0.25) is 0 Å². The molecular formula is C26H34Ca+2. The van der Waals surface area contributed by atoms with Crippen LogP contribution in [0.15, 0.2) is 49.1 Å². The van der Waals surface area contributed by atoms with Crippen molar-refractivity contribution in [3.63, 3.8) is 0 Å². The van der Waals surface area contributed by atoms with Crippen molar-refractivity contribution in [2.24, 2.45) is 22.7 Å². The van der Waals surface area contributed by atoms with Gasteiger partial charge in [-0.3, -0.25) is 0 Å². The molecule has 0 nitrogen and oxygen atoms in total. The Morgan fingerprint density at radius 2 is 2.00 bits per heavy atom. The van der Waals surface area contributed by atoms with Crippen molar-refractivity contribution in [2.45, 2.75) is 65.7 Å². The normalized spacial score (nSPS) is 33.5. The van der Waals surface area contributed by atoms with Gasteiger partial charge in [-0.2, -0.15) is 0 Å². The zero-order chi connectivity index (χ0) is 18.5. The van der Waals surface area contributed by atoms with E-state index < -0.39 is 0 Å². The number of fused-ring (bicyclic) bond motifs is 4. The average molecular weight is 387 g/mol. The monoisotopic (exact) mass is 386 g/mol. The molecule has 138 valence electrons. The molecule has 2 aromatic carbocycles. The van der Waals surface area contributed by atoms with Gasteiger partial charge >= 0.3 is 37.7 Å². The van der Waals surface area contributed by atoms with Crippen LogP contribution in [-0.2, 0) is 6.42 Å². The van der Waals surface area contributed by atoms with E-state index in [0.29, 0.717) is 22.7 Å². The number of hydrogen-bond acceptors (Lipinski definition) is 0. The first kappa shape index (κ1) is 21.4. The summed E-state index contributed by atoms with van der Waals surface area (Å²) in [5.41, 5.74) is 3.85. The van der Waals surface area contributed by atoms with Gasteiger partial charge in [-0.25, -0.2) is 0 Å². The van der Waals surface area contributed by atoms with Crippen molar-refractivity contribution in [1.29, 1.82) is 0 Å². The summed E-state index contributed by atoms with van der Waals surface area (Å²) in [4.78, 5) is 0. The molecule has 27 heavy (non-hydrogen) atoms. The molecule has 0 aliphatic heterocycles. The van der Waals surface area contributed by atoms with E-state index in [2.05, 4.69) is 76.7 Å². The predicted octanol–water partition coefficient (Wildman–Crippen LogP) is 7.14. The standard InChI is InChI=1S/C26H34.Ca/c1-6-19-11-12-20-9-8-10-23(24(20)15-19)18(3)26(5)17-25(4)14-13-22(26)16-21(25)7-2;/h7-12,15,18,21-22H,2,6,13-14,16-17H2,1,3-5H3;/q;+2/t18-,21+,22?,25-,26+;/m0./s1. The number of aryl methyl sites for hydroxylation is 1. The van der Waals surface area contributed by atoms with E-state index in [1.807, 2.05) is 0 Å². The van der Waals surface area contributed by atoms with Gasteiger partial charge < -0.3 is 0 Å². The van der Waals surface area contributed by atoms with Crippen LogP contribution < -0.4 is 0 Å². The summed E-state index contributed by atoms with van der Waals surface area (Å²) in [5.74, 6) is 2.13. The van der Waals surface area contributed by atoms with Gasteiger partial charge in [0.15, 0.2) is 0 Å². The molecule has 2 aromatic rings. The first-order valence-electron chi connectivity index (χ1n) is 10.6. The summed E-state index contributed by atoms with van der Waals surface area (Å²) in [5, 5.41) is 2.87. The largest absolute Gasteiger partial charge is 2.00 e. The minimum atomic E-state index is 0. The molecule has 0 saturated heterocycles. The van der Waals surface area contributed by atoms with Gasteiger partial charge in [-0.05, 0) is 82.6 Å². The summed E-state index contributed by atoms with van der Waals surface area (Å²) in [6.45, 7) is 14.0. The zero-order valence-corrected chi connectivity index (χ0v) is 19.9. The van der Waals surface area contributed by atoms with Crippen LogP contribution >= 0.6 is 0 Å². The van der Waals surface area contributed by atoms with E-state index in [1.165, 1.54) is 42.0 Å². The molecule has 3 aliphatic carbocycles. The third kappa shape index (κ3) is 3.45. The minimum absolute atomic E-state index is 0. The van der Waals surface area contributed by atoms with E-state index in [1.54, 1.807) is 5.56 Å². The fraction of sp³-hybridized carbons (Fsp3) is 0.538. The van der Waals surface area contributed by atoms with Gasteiger partial charge in [-0.15, -0.1) is 6.58 Å². The van der Waals surface area contributed by atoms with E-state index in [4.69, 9.17) is 0 Å². The summed E-state index contributed by atoms with van der Waals surface area (Å²) in [6.07, 6.45) is 8.82. The fourth-order valence-electron chi connectivity index (χ4n) is 6.42. The van der Waals surface area contributed by atoms with Crippen molar-refractivity contribution in [3.8, 4) is 0 Å². The Kier molecular flexibility index (Phi) is 6.22. The second-order valence-corrected chi connectivity index (χ2v) is 9.63. The molecule has 0 amide bonds. The van der Waals surface area contributed by atoms with Crippen LogP contribution in [0.5, 0.6) is 0 Å². The SMILES string of the molecule is C=C[C@@H]1CC2CC[C@@]1(C)C[C@]2(C)[C@@H](C)c1cccc2ccc(CC)cc12.[Ca+2]. The van der Waals surface area contributed by atoms with E-state index in [0.717, 1.165) is 12.3 Å². The molecule has 1 unspecified atom stereocenters. The van der Waals surface area contributed by atoms with Crippen LogP contribution in [0.3, 0.4) is 0 Å². The van der Waals surface area contributed by atoms with Crippen LogP contribution in [0.25, 0.3) is 10.8 Å². The van der Waals surface area contributed by atoms with Crippen LogP contribution in [0, 0.1) is 22.7 Å². The molecule has 0 spiro atoms. The third-order valence-corrected chi connectivity index (χ3v) is 8.34. The van der Waals surface area contributed by atoms with Crippen molar-refractivity contribution >= 4 is 48.5 Å². The molecule has 0 radical (unpaired) electrons. The number of benzene rings is 2. The van der Waals surface area contributed by atoms with Crippen LogP contribution in [-0.4, -0.2) is 37.7 Å². The molecule has 0 aromatic heterocycles. The number of rotatable bonds is 4. The van der Waals surface area contributed by atoms with Crippen LogP contribution in [0.4, 0.5) is 0 Å². The summed E-state index contributed by atoms with van der Waals surface area (Å²) in [6, 6.07) is 14.0. The predicted molar refractivity (Wildman–Crippen MR) is 119 cm³/mol. The molecule has 0 heterocycles.